The number of hydrogen-bond donors (Lipinski definition) is 2. The van der Waals surface area contributed by atoms with Crippen LogP contribution in [0.5, 0.6) is 0 Å². The average molecular weight is 303 g/mol. The first-order chi connectivity index (χ1) is 9.14. The van der Waals surface area contributed by atoms with Crippen LogP contribution in [0.3, 0.4) is 0 Å². The van der Waals surface area contributed by atoms with Crippen LogP contribution in [0.15, 0.2) is 0 Å². The van der Waals surface area contributed by atoms with Gasteiger partial charge >= 0.3 is 0 Å². The summed E-state index contributed by atoms with van der Waals surface area (Å²) in [6.45, 7) is 2.63. The van der Waals surface area contributed by atoms with E-state index in [0.29, 0.717) is 5.41 Å². The molecule has 2 rings (SSSR count). The predicted octanol–water partition coefficient (Wildman–Crippen LogP) is 3.40. The zero-order chi connectivity index (χ0) is 13.7. The minimum atomic E-state index is -0.382. The summed E-state index contributed by atoms with van der Waals surface area (Å²) in [6.07, 6.45) is 13.6. The Hall–Kier alpha value is -0.280. The van der Waals surface area contributed by atoms with E-state index in [0.717, 1.165) is 12.5 Å². The second-order valence-corrected chi connectivity index (χ2v) is 6.76. The quantitative estimate of drug-likeness (QED) is 0.836. The van der Waals surface area contributed by atoms with Crippen molar-refractivity contribution < 1.29 is 4.79 Å². The molecule has 1 unspecified atom stereocenters. The van der Waals surface area contributed by atoms with E-state index >= 15 is 0 Å². The van der Waals surface area contributed by atoms with Gasteiger partial charge in [0.1, 0.15) is 0 Å². The van der Waals surface area contributed by atoms with Gasteiger partial charge in [-0.05, 0) is 43.9 Å². The molecule has 0 saturated heterocycles. The van der Waals surface area contributed by atoms with Crippen LogP contribution in [0.25, 0.3) is 0 Å². The lowest BCUT2D eigenvalue weighted by atomic mass is 9.61. The van der Waals surface area contributed by atoms with E-state index in [1.165, 1.54) is 64.2 Å². The van der Waals surface area contributed by atoms with Crippen molar-refractivity contribution in [2.45, 2.75) is 77.2 Å². The van der Waals surface area contributed by atoms with Gasteiger partial charge in [-0.2, -0.15) is 0 Å². The van der Waals surface area contributed by atoms with Crippen molar-refractivity contribution in [3.05, 3.63) is 0 Å². The molecule has 0 bridgehead atoms. The number of nitrogens with two attached hydrogens (primary N) is 1. The second kappa shape index (κ2) is 8.23. The minimum absolute atomic E-state index is 0. The Bertz CT molecular complexity index is 295. The molecular weight excluding hydrogens is 272 g/mol. The summed E-state index contributed by atoms with van der Waals surface area (Å²) in [4.78, 5) is 11.8. The number of hydrogen-bond acceptors (Lipinski definition) is 2. The maximum absolute atomic E-state index is 11.8. The van der Waals surface area contributed by atoms with Crippen LogP contribution in [0.2, 0.25) is 0 Å². The lowest BCUT2D eigenvalue weighted by Gasteiger charge is -2.45. The molecule has 0 radical (unpaired) electrons. The molecule has 3 nitrogen and oxygen atoms in total. The molecule has 0 aromatic heterocycles. The average Bonchev–Trinajstić information content (AvgIpc) is 2.46. The van der Waals surface area contributed by atoms with Crippen molar-refractivity contribution in [1.29, 1.82) is 0 Å². The predicted molar refractivity (Wildman–Crippen MR) is 86.0 cm³/mol. The summed E-state index contributed by atoms with van der Waals surface area (Å²) in [5, 5.41) is 3.13. The molecule has 0 aliphatic heterocycles. The van der Waals surface area contributed by atoms with Crippen LogP contribution >= 0.6 is 12.4 Å². The van der Waals surface area contributed by atoms with Gasteiger partial charge in [0.15, 0.2) is 0 Å². The van der Waals surface area contributed by atoms with Crippen LogP contribution in [-0.2, 0) is 4.79 Å². The molecule has 0 aromatic rings. The Morgan fingerprint density at radius 1 is 1.15 bits per heavy atom. The lowest BCUT2D eigenvalue weighted by molar-refractivity contribution is -0.123. The molecule has 0 spiro atoms. The van der Waals surface area contributed by atoms with Gasteiger partial charge in [0.05, 0.1) is 6.04 Å². The van der Waals surface area contributed by atoms with E-state index in [1.54, 1.807) is 6.92 Å². The Morgan fingerprint density at radius 2 is 1.70 bits per heavy atom. The molecule has 2 fully saturated rings. The molecule has 4 heteroatoms. The lowest BCUT2D eigenvalue weighted by Crippen LogP contribution is -2.48. The van der Waals surface area contributed by atoms with Crippen molar-refractivity contribution >= 4 is 18.3 Å². The van der Waals surface area contributed by atoms with E-state index < -0.39 is 0 Å². The van der Waals surface area contributed by atoms with Crippen molar-refractivity contribution in [1.82, 2.24) is 5.32 Å². The molecule has 0 aromatic carbocycles. The van der Waals surface area contributed by atoms with Gasteiger partial charge in [-0.15, -0.1) is 12.4 Å². The third kappa shape index (κ3) is 4.36. The normalized spacial score (nSPS) is 24.5. The third-order valence-corrected chi connectivity index (χ3v) is 5.35. The first kappa shape index (κ1) is 17.8. The molecular formula is C16H31ClN2O. The highest BCUT2D eigenvalue weighted by molar-refractivity contribution is 5.85. The highest BCUT2D eigenvalue weighted by Crippen LogP contribution is 2.47. The van der Waals surface area contributed by atoms with Gasteiger partial charge in [-0.1, -0.05) is 38.5 Å². The van der Waals surface area contributed by atoms with E-state index in [9.17, 15) is 4.79 Å². The number of rotatable bonds is 4. The zero-order valence-corrected chi connectivity index (χ0v) is 13.6. The maximum Gasteiger partial charge on any atom is 0.236 e. The van der Waals surface area contributed by atoms with Crippen LogP contribution in [0, 0.1) is 11.3 Å². The number of amides is 1. The molecule has 2 aliphatic carbocycles. The van der Waals surface area contributed by atoms with Crippen molar-refractivity contribution in [2.75, 3.05) is 6.54 Å². The van der Waals surface area contributed by atoms with Crippen molar-refractivity contribution in [3.63, 3.8) is 0 Å². The van der Waals surface area contributed by atoms with E-state index in [1.807, 2.05) is 0 Å². The summed E-state index contributed by atoms with van der Waals surface area (Å²) < 4.78 is 0. The maximum atomic E-state index is 11.8. The van der Waals surface area contributed by atoms with Gasteiger partial charge in [-0.3, -0.25) is 4.79 Å². The topological polar surface area (TPSA) is 55.1 Å². The van der Waals surface area contributed by atoms with Gasteiger partial charge < -0.3 is 11.1 Å². The third-order valence-electron chi connectivity index (χ3n) is 5.35. The van der Waals surface area contributed by atoms with Gasteiger partial charge in [-0.25, -0.2) is 0 Å². The molecule has 2 saturated carbocycles. The van der Waals surface area contributed by atoms with Crippen LogP contribution in [0.1, 0.15) is 71.1 Å². The standard InChI is InChI=1S/C16H30N2O.ClH/c1-13(17)15(19)18-12-16(10-6-3-7-11-16)14-8-4-2-5-9-14;/h13-14H,2-12,17H2,1H3,(H,18,19);1H. The summed E-state index contributed by atoms with van der Waals surface area (Å²) in [7, 11) is 0. The fraction of sp³-hybridized carbons (Fsp3) is 0.938. The van der Waals surface area contributed by atoms with Crippen LogP contribution in [-0.4, -0.2) is 18.5 Å². The summed E-state index contributed by atoms with van der Waals surface area (Å²) in [6, 6.07) is -0.382. The Morgan fingerprint density at radius 3 is 2.25 bits per heavy atom. The summed E-state index contributed by atoms with van der Waals surface area (Å²) in [5.74, 6) is 0.843. The minimum Gasteiger partial charge on any atom is -0.354 e. The number of halogens is 1. The molecule has 1 atom stereocenters. The monoisotopic (exact) mass is 302 g/mol. The summed E-state index contributed by atoms with van der Waals surface area (Å²) in [5.41, 5.74) is 6.04. The smallest absolute Gasteiger partial charge is 0.236 e. The van der Waals surface area contributed by atoms with Gasteiger partial charge in [0.25, 0.3) is 0 Å². The van der Waals surface area contributed by atoms with Crippen LogP contribution in [0.4, 0.5) is 0 Å². The SMILES string of the molecule is CC(N)C(=O)NCC1(C2CCCCC2)CCCCC1.Cl. The largest absolute Gasteiger partial charge is 0.354 e. The van der Waals surface area contributed by atoms with Crippen LogP contribution < -0.4 is 11.1 Å². The van der Waals surface area contributed by atoms with Gasteiger partial charge in [0.2, 0.25) is 5.91 Å². The fourth-order valence-electron chi connectivity index (χ4n) is 4.12. The highest BCUT2D eigenvalue weighted by Gasteiger charge is 2.40. The molecule has 20 heavy (non-hydrogen) atoms. The Balaban J connectivity index is 0.00000200. The zero-order valence-electron chi connectivity index (χ0n) is 12.8. The van der Waals surface area contributed by atoms with E-state index in [-0.39, 0.29) is 24.4 Å². The number of carbonyl (C=O) groups is 1. The van der Waals surface area contributed by atoms with Gasteiger partial charge in [0, 0.05) is 6.54 Å². The Labute approximate surface area is 129 Å². The highest BCUT2D eigenvalue weighted by atomic mass is 35.5. The first-order valence-electron chi connectivity index (χ1n) is 8.17. The van der Waals surface area contributed by atoms with E-state index in [4.69, 9.17) is 5.73 Å². The first-order valence-corrected chi connectivity index (χ1v) is 8.17. The number of carbonyl (C=O) groups excluding carboxylic acids is 1. The van der Waals surface area contributed by atoms with Crippen molar-refractivity contribution in [2.24, 2.45) is 17.1 Å². The molecule has 2 aliphatic rings. The molecule has 0 heterocycles. The number of nitrogens with one attached hydrogen (secondary N) is 1. The Kier molecular flexibility index (Phi) is 7.32. The fourth-order valence-corrected chi connectivity index (χ4v) is 4.12. The molecule has 118 valence electrons. The molecule has 1 amide bonds. The van der Waals surface area contributed by atoms with E-state index in [2.05, 4.69) is 5.32 Å². The van der Waals surface area contributed by atoms with Crippen molar-refractivity contribution in [3.8, 4) is 0 Å². The molecule has 3 N–H and O–H groups in total. The summed E-state index contributed by atoms with van der Waals surface area (Å²) >= 11 is 0. The second-order valence-electron chi connectivity index (χ2n) is 6.76.